The molecule has 1 N–H and O–H groups in total. The van der Waals surface area contributed by atoms with Gasteiger partial charge in [0.1, 0.15) is 11.3 Å². The first-order valence-electron chi connectivity index (χ1n) is 12.2. The summed E-state index contributed by atoms with van der Waals surface area (Å²) in [6.45, 7) is 4.66. The second kappa shape index (κ2) is 12.2. The Morgan fingerprint density at radius 3 is 2.54 bits per heavy atom. The standard InChI is InChI=1S/C28H34N2O5/c1-4-6-11-20-30-23-14-9-8-13-22(23)28(27(30)33,19-18-26(32)35-5-2)29-25(31)17-16-21-12-7-10-15-24(21)34-3/h7-10,12-17H,4-6,11,18-20H2,1-3H3,(H,29,31)/b17-16+. The van der Waals surface area contributed by atoms with Gasteiger partial charge in [-0.3, -0.25) is 14.4 Å². The van der Waals surface area contributed by atoms with Crippen LogP contribution in [0.5, 0.6) is 5.75 Å². The van der Waals surface area contributed by atoms with Gasteiger partial charge in [-0.1, -0.05) is 56.2 Å². The van der Waals surface area contributed by atoms with Crippen LogP contribution in [-0.2, 0) is 24.7 Å². The predicted molar refractivity (Wildman–Crippen MR) is 136 cm³/mol. The van der Waals surface area contributed by atoms with E-state index < -0.39 is 17.4 Å². The lowest BCUT2D eigenvalue weighted by molar-refractivity contribution is -0.144. The number of carbonyl (C=O) groups is 3. The Bertz CT molecular complexity index is 1080. The number of hydrogen-bond donors (Lipinski definition) is 1. The molecule has 1 aliphatic rings. The number of anilines is 1. The Kier molecular flexibility index (Phi) is 9.06. The largest absolute Gasteiger partial charge is 0.496 e. The molecule has 0 radical (unpaired) electrons. The molecule has 0 aromatic heterocycles. The van der Waals surface area contributed by atoms with Gasteiger partial charge in [0.05, 0.1) is 13.7 Å². The first-order valence-corrected chi connectivity index (χ1v) is 12.2. The van der Waals surface area contributed by atoms with Crippen molar-refractivity contribution >= 4 is 29.5 Å². The van der Waals surface area contributed by atoms with Gasteiger partial charge >= 0.3 is 5.97 Å². The first-order chi connectivity index (χ1) is 17.0. The number of rotatable bonds is 12. The van der Waals surface area contributed by atoms with Crippen molar-refractivity contribution in [2.45, 2.75) is 51.5 Å². The Hall–Kier alpha value is -3.61. The highest BCUT2D eigenvalue weighted by Gasteiger charge is 2.51. The van der Waals surface area contributed by atoms with E-state index in [1.165, 1.54) is 6.08 Å². The quantitative estimate of drug-likeness (QED) is 0.274. The summed E-state index contributed by atoms with van der Waals surface area (Å²) in [5, 5.41) is 2.96. The van der Waals surface area contributed by atoms with Crippen molar-refractivity contribution < 1.29 is 23.9 Å². The van der Waals surface area contributed by atoms with Crippen LogP contribution in [0.15, 0.2) is 54.6 Å². The molecule has 0 saturated carbocycles. The minimum absolute atomic E-state index is 0.00716. The maximum atomic E-state index is 13.9. The van der Waals surface area contributed by atoms with Crippen molar-refractivity contribution in [3.05, 3.63) is 65.7 Å². The van der Waals surface area contributed by atoms with Crippen LogP contribution in [0, 0.1) is 0 Å². The average molecular weight is 479 g/mol. The highest BCUT2D eigenvalue weighted by atomic mass is 16.5. The minimum Gasteiger partial charge on any atom is -0.496 e. The molecular formula is C28H34N2O5. The molecule has 7 nitrogen and oxygen atoms in total. The highest BCUT2D eigenvalue weighted by molar-refractivity contribution is 6.10. The number of nitrogens with one attached hydrogen (secondary N) is 1. The number of methoxy groups -OCH3 is 1. The fourth-order valence-electron chi connectivity index (χ4n) is 4.44. The molecule has 1 unspecified atom stereocenters. The molecule has 1 atom stereocenters. The molecule has 35 heavy (non-hydrogen) atoms. The minimum atomic E-state index is -1.35. The fraction of sp³-hybridized carbons (Fsp3) is 0.393. The lowest BCUT2D eigenvalue weighted by Crippen LogP contribution is -2.53. The number of fused-ring (bicyclic) bond motifs is 1. The molecule has 1 aliphatic heterocycles. The van der Waals surface area contributed by atoms with Crippen molar-refractivity contribution in [3.63, 3.8) is 0 Å². The molecule has 2 amide bonds. The van der Waals surface area contributed by atoms with Gasteiger partial charge in [-0.05, 0) is 38.0 Å². The molecule has 2 aromatic carbocycles. The molecule has 0 aliphatic carbocycles. The van der Waals surface area contributed by atoms with Crippen molar-refractivity contribution in [1.82, 2.24) is 5.32 Å². The zero-order valence-corrected chi connectivity index (χ0v) is 20.7. The number of hydrogen-bond acceptors (Lipinski definition) is 5. The van der Waals surface area contributed by atoms with E-state index in [9.17, 15) is 14.4 Å². The van der Waals surface area contributed by atoms with E-state index >= 15 is 0 Å². The number of benzene rings is 2. The van der Waals surface area contributed by atoms with Gasteiger partial charge in [0.25, 0.3) is 5.91 Å². The van der Waals surface area contributed by atoms with E-state index in [1.54, 1.807) is 25.0 Å². The summed E-state index contributed by atoms with van der Waals surface area (Å²) in [6, 6.07) is 14.8. The SMILES string of the molecule is CCCCCN1C(=O)C(CCC(=O)OCC)(NC(=O)/C=C/c2ccccc2OC)c2ccccc21. The van der Waals surface area contributed by atoms with E-state index in [0.29, 0.717) is 17.9 Å². The number of esters is 1. The summed E-state index contributed by atoms with van der Waals surface area (Å²) < 4.78 is 10.5. The number of para-hydroxylation sites is 2. The summed E-state index contributed by atoms with van der Waals surface area (Å²) in [5.41, 5.74) is 0.860. The molecule has 0 spiro atoms. The van der Waals surface area contributed by atoms with Crippen molar-refractivity contribution in [3.8, 4) is 5.75 Å². The van der Waals surface area contributed by atoms with Gasteiger partial charge in [-0.2, -0.15) is 0 Å². The maximum Gasteiger partial charge on any atom is 0.305 e. The van der Waals surface area contributed by atoms with Gasteiger partial charge < -0.3 is 19.7 Å². The van der Waals surface area contributed by atoms with Crippen LogP contribution in [0.2, 0.25) is 0 Å². The van der Waals surface area contributed by atoms with Crippen LogP contribution in [0.1, 0.15) is 57.1 Å². The molecular weight excluding hydrogens is 444 g/mol. The van der Waals surface area contributed by atoms with E-state index in [4.69, 9.17) is 9.47 Å². The van der Waals surface area contributed by atoms with Gasteiger partial charge in [-0.25, -0.2) is 0 Å². The molecule has 3 rings (SSSR count). The van der Waals surface area contributed by atoms with Crippen LogP contribution in [0.3, 0.4) is 0 Å². The van der Waals surface area contributed by atoms with E-state index in [2.05, 4.69) is 12.2 Å². The number of carbonyl (C=O) groups excluding carboxylic acids is 3. The Morgan fingerprint density at radius 2 is 1.80 bits per heavy atom. The number of ether oxygens (including phenoxy) is 2. The zero-order valence-electron chi connectivity index (χ0n) is 20.7. The predicted octanol–water partition coefficient (Wildman–Crippen LogP) is 4.60. The third kappa shape index (κ3) is 5.91. The molecule has 1 heterocycles. The van der Waals surface area contributed by atoms with Crippen molar-refractivity contribution in [2.75, 3.05) is 25.2 Å². The third-order valence-corrected chi connectivity index (χ3v) is 6.15. The summed E-state index contributed by atoms with van der Waals surface area (Å²) in [4.78, 5) is 41.0. The topological polar surface area (TPSA) is 84.9 Å². The third-order valence-electron chi connectivity index (χ3n) is 6.15. The summed E-state index contributed by atoms with van der Waals surface area (Å²) in [5.74, 6) is -0.421. The fourth-order valence-corrected chi connectivity index (χ4v) is 4.44. The summed E-state index contributed by atoms with van der Waals surface area (Å²) >= 11 is 0. The monoisotopic (exact) mass is 478 g/mol. The number of nitrogens with zero attached hydrogens (tertiary/aromatic N) is 1. The molecule has 7 heteroatoms. The lowest BCUT2D eigenvalue weighted by Gasteiger charge is -2.29. The second-order valence-corrected chi connectivity index (χ2v) is 8.46. The highest BCUT2D eigenvalue weighted by Crippen LogP contribution is 2.43. The summed E-state index contributed by atoms with van der Waals surface area (Å²) in [7, 11) is 1.57. The summed E-state index contributed by atoms with van der Waals surface area (Å²) in [6.07, 6.45) is 6.04. The van der Waals surface area contributed by atoms with E-state index in [0.717, 1.165) is 30.5 Å². The normalized spacial score (nSPS) is 16.9. The molecule has 186 valence electrons. The van der Waals surface area contributed by atoms with Crippen molar-refractivity contribution in [2.24, 2.45) is 0 Å². The maximum absolute atomic E-state index is 13.9. The van der Waals surface area contributed by atoms with Gasteiger partial charge in [0.2, 0.25) is 5.91 Å². The van der Waals surface area contributed by atoms with E-state index in [-0.39, 0.29) is 25.4 Å². The molecule has 0 fully saturated rings. The van der Waals surface area contributed by atoms with Crippen molar-refractivity contribution in [1.29, 1.82) is 0 Å². The molecule has 0 saturated heterocycles. The Labute approximate surface area is 207 Å². The number of unbranched alkanes of at least 4 members (excludes halogenated alkanes) is 2. The lowest BCUT2D eigenvalue weighted by atomic mass is 9.86. The van der Waals surface area contributed by atoms with Crippen LogP contribution >= 0.6 is 0 Å². The van der Waals surface area contributed by atoms with Crippen LogP contribution in [0.25, 0.3) is 6.08 Å². The second-order valence-electron chi connectivity index (χ2n) is 8.46. The number of amides is 2. The van der Waals surface area contributed by atoms with Gasteiger partial charge in [0.15, 0.2) is 0 Å². The molecule has 0 bridgehead atoms. The first kappa shape index (κ1) is 26.0. The average Bonchev–Trinajstić information content (AvgIpc) is 3.09. The molecule has 2 aromatic rings. The Morgan fingerprint density at radius 1 is 1.06 bits per heavy atom. The smallest absolute Gasteiger partial charge is 0.305 e. The van der Waals surface area contributed by atoms with Gasteiger partial charge in [0, 0.05) is 35.9 Å². The zero-order chi connectivity index (χ0) is 25.3. The Balaban J connectivity index is 1.93. The van der Waals surface area contributed by atoms with Crippen LogP contribution in [0.4, 0.5) is 5.69 Å². The van der Waals surface area contributed by atoms with E-state index in [1.807, 2.05) is 48.5 Å². The van der Waals surface area contributed by atoms with Crippen LogP contribution in [-0.4, -0.2) is 38.0 Å². The van der Waals surface area contributed by atoms with Gasteiger partial charge in [-0.15, -0.1) is 0 Å². The van der Waals surface area contributed by atoms with Crippen LogP contribution < -0.4 is 15.0 Å².